The second-order valence-corrected chi connectivity index (χ2v) is 10.5. The number of amidine groups is 1. The molecule has 12 heteroatoms. The number of aromatic nitrogens is 3. The molecule has 1 unspecified atom stereocenters. The van der Waals surface area contributed by atoms with Gasteiger partial charge in [0.25, 0.3) is 0 Å². The van der Waals surface area contributed by atoms with Crippen LogP contribution in [0, 0.1) is 0 Å². The highest BCUT2D eigenvalue weighted by Crippen LogP contribution is 2.29. The Morgan fingerprint density at radius 3 is 2.50 bits per heavy atom. The van der Waals surface area contributed by atoms with E-state index in [0.29, 0.717) is 23.1 Å². The fourth-order valence-corrected chi connectivity index (χ4v) is 5.61. The highest BCUT2D eigenvalue weighted by atomic mass is 32.2. The third-order valence-electron chi connectivity index (χ3n) is 6.74. The van der Waals surface area contributed by atoms with Gasteiger partial charge in [-0.2, -0.15) is 4.99 Å². The van der Waals surface area contributed by atoms with Crippen LogP contribution in [0.15, 0.2) is 84.1 Å². The Morgan fingerprint density at radius 2 is 1.81 bits per heavy atom. The summed E-state index contributed by atoms with van der Waals surface area (Å²) in [5, 5.41) is 8.18. The molecule has 1 aliphatic rings. The van der Waals surface area contributed by atoms with Gasteiger partial charge in [-0.05, 0) is 54.3 Å². The molecule has 42 heavy (non-hydrogen) atoms. The summed E-state index contributed by atoms with van der Waals surface area (Å²) in [7, 11) is 0. The van der Waals surface area contributed by atoms with Crippen molar-refractivity contribution in [2.24, 2.45) is 4.99 Å². The van der Waals surface area contributed by atoms with Crippen molar-refractivity contribution in [1.82, 2.24) is 20.1 Å². The summed E-state index contributed by atoms with van der Waals surface area (Å²) in [6, 6.07) is 20.5. The lowest BCUT2D eigenvalue weighted by Crippen LogP contribution is -2.30. The monoisotopic (exact) mass is 594 g/mol. The normalized spacial score (nSPS) is 15.2. The smallest absolute Gasteiger partial charge is 0.406 e. The Balaban J connectivity index is 1.25. The van der Waals surface area contributed by atoms with E-state index in [1.165, 1.54) is 40.8 Å². The molecule has 0 spiro atoms. The summed E-state index contributed by atoms with van der Waals surface area (Å²) >= 11 is 1.57. The summed E-state index contributed by atoms with van der Waals surface area (Å²) in [6.07, 6.45) is -1.69. The minimum Gasteiger partial charge on any atom is -0.406 e. The lowest BCUT2D eigenvalue weighted by atomic mass is 10.0. The van der Waals surface area contributed by atoms with Gasteiger partial charge in [0.15, 0.2) is 11.0 Å². The van der Waals surface area contributed by atoms with Crippen LogP contribution < -0.4 is 15.0 Å². The van der Waals surface area contributed by atoms with Crippen molar-refractivity contribution < 1.29 is 22.7 Å². The summed E-state index contributed by atoms with van der Waals surface area (Å²) in [4.78, 5) is 23.8. The van der Waals surface area contributed by atoms with Crippen molar-refractivity contribution in [3.63, 3.8) is 0 Å². The molecule has 4 aromatic rings. The number of hydrogen-bond donors (Lipinski definition) is 1. The van der Waals surface area contributed by atoms with Crippen LogP contribution in [0.4, 0.5) is 23.7 Å². The van der Waals surface area contributed by atoms with Gasteiger partial charge in [-0.3, -0.25) is 0 Å². The molecule has 0 bridgehead atoms. The number of anilines is 1. The predicted molar refractivity (Wildman–Crippen MR) is 158 cm³/mol. The predicted octanol–water partition coefficient (Wildman–Crippen LogP) is 7.17. The number of carbonyl (C=O) groups is 1. The topological polar surface area (TPSA) is 84.6 Å². The number of hydrogen-bond acceptors (Lipinski definition) is 5. The number of rotatable bonds is 8. The first-order chi connectivity index (χ1) is 20.2. The van der Waals surface area contributed by atoms with Crippen LogP contribution >= 0.6 is 11.8 Å². The number of thioether (sulfide) groups is 1. The number of benzene rings is 3. The summed E-state index contributed by atoms with van der Waals surface area (Å²) < 4.78 is 42.6. The number of amides is 2. The number of para-hydroxylation sites is 1. The number of ether oxygens (including phenoxy) is 1. The van der Waals surface area contributed by atoms with Crippen molar-refractivity contribution in [3.8, 4) is 22.8 Å². The molecule has 2 heterocycles. The first-order valence-corrected chi connectivity index (χ1v) is 14.5. The third kappa shape index (κ3) is 6.93. The van der Waals surface area contributed by atoms with E-state index in [1.807, 2.05) is 43.3 Å². The van der Waals surface area contributed by atoms with Gasteiger partial charge in [0.05, 0.1) is 11.7 Å². The molecular formula is C30H29F3N6O2S. The first kappa shape index (κ1) is 29.2. The number of halogens is 3. The van der Waals surface area contributed by atoms with Crippen molar-refractivity contribution in [3.05, 3.63) is 90.3 Å². The molecule has 5 rings (SSSR count). The van der Waals surface area contributed by atoms with Crippen LogP contribution in [0.3, 0.4) is 0 Å². The number of carbonyl (C=O) groups excluding carboxylic acids is 1. The molecule has 8 nitrogen and oxygen atoms in total. The fourth-order valence-electron chi connectivity index (χ4n) is 4.67. The Kier molecular flexibility index (Phi) is 8.81. The van der Waals surface area contributed by atoms with E-state index >= 15 is 0 Å². The Hall–Kier alpha value is -4.32. The molecule has 1 atom stereocenters. The maximum atomic E-state index is 13.0. The van der Waals surface area contributed by atoms with Crippen LogP contribution in [-0.4, -0.2) is 44.6 Å². The van der Waals surface area contributed by atoms with Gasteiger partial charge in [0.2, 0.25) is 0 Å². The zero-order valence-corrected chi connectivity index (χ0v) is 23.8. The van der Waals surface area contributed by atoms with E-state index in [4.69, 9.17) is 0 Å². The lowest BCUT2D eigenvalue weighted by molar-refractivity contribution is -0.274. The average Bonchev–Trinajstić information content (AvgIpc) is 3.66. The molecule has 1 aliphatic heterocycles. The van der Waals surface area contributed by atoms with Crippen molar-refractivity contribution in [2.75, 3.05) is 17.2 Å². The van der Waals surface area contributed by atoms with Crippen LogP contribution in [0.1, 0.15) is 37.4 Å². The highest BCUT2D eigenvalue weighted by molar-refractivity contribution is 8.14. The van der Waals surface area contributed by atoms with Crippen LogP contribution in [-0.2, 0) is 6.42 Å². The maximum Gasteiger partial charge on any atom is 0.573 e. The standard InChI is InChI=1S/C30H29F3N6O2S/c1-3-20-7-5-6-8-26(20)38-17-18-42-29(38)36-28(40)35-25(4-2)21-9-11-22(12-10-21)27-34-19-39(37-27)23-13-15-24(16-14-23)41-30(31,32)33/h5-16,19,25H,3-4,17-18H2,1-2H3,(H,35,40)/b36-29-. The van der Waals surface area contributed by atoms with Gasteiger partial charge in [0, 0.05) is 23.5 Å². The van der Waals surface area contributed by atoms with Gasteiger partial charge in [0.1, 0.15) is 12.1 Å². The number of alkyl halides is 3. The van der Waals surface area contributed by atoms with Gasteiger partial charge in [-0.1, -0.05) is 68.1 Å². The zero-order valence-electron chi connectivity index (χ0n) is 23.0. The van der Waals surface area contributed by atoms with E-state index in [0.717, 1.165) is 35.5 Å². The first-order valence-electron chi connectivity index (χ1n) is 13.5. The van der Waals surface area contributed by atoms with E-state index in [2.05, 4.69) is 49.1 Å². The Morgan fingerprint density at radius 1 is 1.07 bits per heavy atom. The SMILES string of the molecule is CCc1ccccc1N1CCS/C1=N\C(=O)NC(CC)c1ccc(-c2ncn(-c3ccc(OC(F)(F)F)cc3)n2)cc1. The zero-order chi connectivity index (χ0) is 29.7. The molecule has 1 aromatic heterocycles. The molecular weight excluding hydrogens is 565 g/mol. The Labute approximate surface area is 245 Å². The number of nitrogens with zero attached hydrogens (tertiary/aromatic N) is 5. The van der Waals surface area contributed by atoms with E-state index < -0.39 is 6.36 Å². The molecule has 0 saturated carbocycles. The van der Waals surface area contributed by atoms with E-state index in [9.17, 15) is 18.0 Å². The molecule has 1 fully saturated rings. The fraction of sp³-hybridized carbons (Fsp3) is 0.267. The maximum absolute atomic E-state index is 13.0. The van der Waals surface area contributed by atoms with Crippen LogP contribution in [0.5, 0.6) is 5.75 Å². The number of urea groups is 1. The average molecular weight is 595 g/mol. The molecule has 3 aromatic carbocycles. The van der Waals surface area contributed by atoms with Gasteiger partial charge in [-0.15, -0.1) is 18.3 Å². The van der Waals surface area contributed by atoms with Crippen molar-refractivity contribution in [2.45, 2.75) is 39.1 Å². The minimum atomic E-state index is -4.75. The van der Waals surface area contributed by atoms with Gasteiger partial charge < -0.3 is 15.0 Å². The van der Waals surface area contributed by atoms with Crippen molar-refractivity contribution in [1.29, 1.82) is 0 Å². The summed E-state index contributed by atoms with van der Waals surface area (Å²) in [6.45, 7) is 4.91. The number of aryl methyl sites for hydroxylation is 1. The second-order valence-electron chi connectivity index (χ2n) is 9.46. The number of aliphatic imine (C=N–C) groups is 1. The van der Waals surface area contributed by atoms with Crippen LogP contribution in [0.25, 0.3) is 17.1 Å². The van der Waals surface area contributed by atoms with Crippen LogP contribution in [0.2, 0.25) is 0 Å². The second kappa shape index (κ2) is 12.7. The minimum absolute atomic E-state index is 0.235. The van der Waals surface area contributed by atoms with Gasteiger partial charge in [-0.25, -0.2) is 14.5 Å². The lowest BCUT2D eigenvalue weighted by Gasteiger charge is -2.21. The molecule has 2 amide bonds. The quantitative estimate of drug-likeness (QED) is 0.233. The summed E-state index contributed by atoms with van der Waals surface area (Å²) in [5.41, 5.74) is 4.51. The van der Waals surface area contributed by atoms with E-state index in [1.54, 1.807) is 11.8 Å². The third-order valence-corrected chi connectivity index (χ3v) is 7.70. The van der Waals surface area contributed by atoms with Crippen molar-refractivity contribution >= 4 is 28.6 Å². The Bertz CT molecular complexity index is 1550. The van der Waals surface area contributed by atoms with Gasteiger partial charge >= 0.3 is 12.4 Å². The highest BCUT2D eigenvalue weighted by Gasteiger charge is 2.31. The molecule has 1 saturated heterocycles. The summed E-state index contributed by atoms with van der Waals surface area (Å²) in [5.74, 6) is 1.00. The van der Waals surface area contributed by atoms with E-state index in [-0.39, 0.29) is 17.8 Å². The largest absolute Gasteiger partial charge is 0.573 e. The molecule has 0 radical (unpaired) electrons. The number of nitrogens with one attached hydrogen (secondary N) is 1. The molecule has 0 aliphatic carbocycles. The molecule has 218 valence electrons. The molecule has 1 N–H and O–H groups in total.